The summed E-state index contributed by atoms with van der Waals surface area (Å²) in [5.74, 6) is 0. The zero-order valence-corrected chi connectivity index (χ0v) is 30.2. The van der Waals surface area contributed by atoms with Crippen LogP contribution in [0.4, 0.5) is 0 Å². The van der Waals surface area contributed by atoms with E-state index >= 15 is 0 Å². The van der Waals surface area contributed by atoms with Crippen molar-refractivity contribution >= 4 is 0 Å². The molecule has 0 unspecified atom stereocenters. The van der Waals surface area contributed by atoms with Gasteiger partial charge in [-0.15, -0.1) is 0 Å². The number of hydrogen-bond donors (Lipinski definition) is 4. The fraction of sp³-hybridized carbons (Fsp3) is 1.00. The summed E-state index contributed by atoms with van der Waals surface area (Å²) in [6, 6.07) is 0. The van der Waals surface area contributed by atoms with Crippen LogP contribution in [0.2, 0.25) is 0 Å². The molecule has 2 aliphatic rings. The van der Waals surface area contributed by atoms with Crippen LogP contribution in [0.3, 0.4) is 0 Å². The minimum atomic E-state index is 0. The zero-order valence-electron chi connectivity index (χ0n) is 29.2. The molecule has 2 aliphatic heterocycles. The molecule has 0 aromatic heterocycles. The van der Waals surface area contributed by atoms with Gasteiger partial charge in [-0.1, -0.05) is 129 Å². The third kappa shape index (κ3) is 32.0. The Morgan fingerprint density at radius 3 is 0.814 bits per heavy atom. The van der Waals surface area contributed by atoms with Crippen molar-refractivity contribution in [1.29, 1.82) is 0 Å². The normalized spacial score (nSPS) is 17.7. The van der Waals surface area contributed by atoms with Crippen molar-refractivity contribution in [3.63, 3.8) is 0 Å². The summed E-state index contributed by atoms with van der Waals surface area (Å²) < 4.78 is 0. The summed E-state index contributed by atoms with van der Waals surface area (Å²) in [7, 11) is 0. The molecule has 261 valence electrons. The summed E-state index contributed by atoms with van der Waals surface area (Å²) in [6.45, 7) is 21.1. The first-order valence-corrected chi connectivity index (χ1v) is 19.1. The average Bonchev–Trinajstić information content (AvgIpc) is 3.23. The molecule has 7 heteroatoms. The van der Waals surface area contributed by atoms with Crippen LogP contribution in [0.1, 0.15) is 142 Å². The van der Waals surface area contributed by atoms with E-state index in [0.717, 1.165) is 52.4 Å². The maximum atomic E-state index is 3.49. The van der Waals surface area contributed by atoms with Crippen LogP contribution in [0.5, 0.6) is 0 Å². The molecule has 0 spiro atoms. The standard InChI is InChI=1S/2C18H39N3.Cu/c2*1-2-3-4-5-6-7-8-9-10-11-16-21-17-14-19-12-13-20-15-18-21;/h2*19-20H,2-18H2,1H3;/q;;+2. The zero-order chi connectivity index (χ0) is 30.0. The Balaban J connectivity index is 0.000000802. The molecular weight excluding hydrogens is 580 g/mol. The third-order valence-electron chi connectivity index (χ3n) is 9.03. The minimum Gasteiger partial charge on any atom is -0.314 e. The average molecular weight is 659 g/mol. The quantitative estimate of drug-likeness (QED) is 0.0759. The van der Waals surface area contributed by atoms with Crippen LogP contribution in [-0.2, 0) is 17.1 Å². The molecule has 0 bridgehead atoms. The molecule has 2 heterocycles. The van der Waals surface area contributed by atoms with Gasteiger partial charge in [-0.3, -0.25) is 0 Å². The van der Waals surface area contributed by atoms with E-state index in [4.69, 9.17) is 0 Å². The topological polar surface area (TPSA) is 54.6 Å². The Labute approximate surface area is 281 Å². The molecule has 6 nitrogen and oxygen atoms in total. The van der Waals surface area contributed by atoms with Gasteiger partial charge in [0.1, 0.15) is 0 Å². The monoisotopic (exact) mass is 658 g/mol. The van der Waals surface area contributed by atoms with E-state index in [1.165, 1.54) is 168 Å². The van der Waals surface area contributed by atoms with Crippen molar-refractivity contribution in [2.75, 3.05) is 91.6 Å². The van der Waals surface area contributed by atoms with E-state index in [1.54, 1.807) is 0 Å². The first-order chi connectivity index (χ1) is 20.9. The van der Waals surface area contributed by atoms with Gasteiger partial charge in [0.05, 0.1) is 0 Å². The van der Waals surface area contributed by atoms with Crippen molar-refractivity contribution in [3.8, 4) is 0 Å². The largest absolute Gasteiger partial charge is 2.00 e. The number of rotatable bonds is 22. The van der Waals surface area contributed by atoms with Crippen molar-refractivity contribution in [1.82, 2.24) is 31.1 Å². The number of nitrogens with zero attached hydrogens (tertiary/aromatic N) is 2. The van der Waals surface area contributed by atoms with Crippen molar-refractivity contribution in [3.05, 3.63) is 0 Å². The SMILES string of the molecule is CCCCCCCCCCCCN1CCNCCNCC1.CCCCCCCCCCCCN1CCNCCNCC1.[Cu+2]. The van der Waals surface area contributed by atoms with Gasteiger partial charge < -0.3 is 31.1 Å². The Kier molecular flexibility index (Phi) is 37.0. The minimum absolute atomic E-state index is 0. The molecule has 4 N–H and O–H groups in total. The van der Waals surface area contributed by atoms with E-state index in [1.807, 2.05) is 0 Å². The molecule has 0 saturated carbocycles. The molecule has 0 aliphatic carbocycles. The van der Waals surface area contributed by atoms with E-state index < -0.39 is 0 Å². The number of nitrogens with one attached hydrogen (secondary N) is 4. The fourth-order valence-corrected chi connectivity index (χ4v) is 6.12. The van der Waals surface area contributed by atoms with Crippen LogP contribution >= 0.6 is 0 Å². The molecule has 2 rings (SSSR count). The Hall–Kier alpha value is 0.279. The first kappa shape index (κ1) is 43.3. The number of hydrogen-bond acceptors (Lipinski definition) is 6. The second kappa shape index (κ2) is 36.7. The molecule has 2 saturated heterocycles. The fourth-order valence-electron chi connectivity index (χ4n) is 6.12. The Morgan fingerprint density at radius 1 is 0.326 bits per heavy atom. The summed E-state index contributed by atoms with van der Waals surface area (Å²) >= 11 is 0. The van der Waals surface area contributed by atoms with Crippen molar-refractivity contribution in [2.45, 2.75) is 142 Å². The molecule has 0 aromatic rings. The molecule has 0 atom stereocenters. The van der Waals surface area contributed by atoms with Crippen LogP contribution in [0.15, 0.2) is 0 Å². The molecule has 0 aromatic carbocycles. The van der Waals surface area contributed by atoms with E-state index in [0.29, 0.717) is 0 Å². The van der Waals surface area contributed by atoms with Crippen LogP contribution in [-0.4, -0.2) is 101 Å². The predicted molar refractivity (Wildman–Crippen MR) is 188 cm³/mol. The molecule has 43 heavy (non-hydrogen) atoms. The van der Waals surface area contributed by atoms with E-state index in [2.05, 4.69) is 44.9 Å². The molecular formula is C36H78CuN6+2. The van der Waals surface area contributed by atoms with Gasteiger partial charge in [-0.2, -0.15) is 0 Å². The summed E-state index contributed by atoms with van der Waals surface area (Å²) in [4.78, 5) is 5.24. The van der Waals surface area contributed by atoms with Gasteiger partial charge in [-0.05, 0) is 25.9 Å². The second-order valence-corrected chi connectivity index (χ2v) is 13.0. The van der Waals surface area contributed by atoms with Gasteiger partial charge in [0, 0.05) is 78.5 Å². The summed E-state index contributed by atoms with van der Waals surface area (Å²) in [6.07, 6.45) is 28.7. The van der Waals surface area contributed by atoms with E-state index in [9.17, 15) is 0 Å². The Morgan fingerprint density at radius 2 is 0.558 bits per heavy atom. The van der Waals surface area contributed by atoms with E-state index in [-0.39, 0.29) is 17.1 Å². The molecule has 0 amide bonds. The Bertz CT molecular complexity index is 448. The number of unbranched alkanes of at least 4 members (excludes halogenated alkanes) is 18. The van der Waals surface area contributed by atoms with Gasteiger partial charge >= 0.3 is 17.1 Å². The predicted octanol–water partition coefficient (Wildman–Crippen LogP) is 6.80. The smallest absolute Gasteiger partial charge is 0.314 e. The first-order valence-electron chi connectivity index (χ1n) is 19.1. The van der Waals surface area contributed by atoms with Crippen molar-refractivity contribution < 1.29 is 17.1 Å². The second-order valence-electron chi connectivity index (χ2n) is 13.0. The van der Waals surface area contributed by atoms with Gasteiger partial charge in [-0.25, -0.2) is 0 Å². The summed E-state index contributed by atoms with van der Waals surface area (Å²) in [5.41, 5.74) is 0. The maximum absolute atomic E-state index is 3.49. The van der Waals surface area contributed by atoms with Gasteiger partial charge in [0.15, 0.2) is 0 Å². The third-order valence-corrected chi connectivity index (χ3v) is 9.03. The molecule has 2 fully saturated rings. The molecule has 1 radical (unpaired) electrons. The van der Waals surface area contributed by atoms with Crippen LogP contribution in [0, 0.1) is 0 Å². The van der Waals surface area contributed by atoms with Gasteiger partial charge in [0.2, 0.25) is 0 Å². The van der Waals surface area contributed by atoms with Crippen molar-refractivity contribution in [2.24, 2.45) is 0 Å². The van der Waals surface area contributed by atoms with Crippen LogP contribution in [0.25, 0.3) is 0 Å². The summed E-state index contributed by atoms with van der Waals surface area (Å²) in [5, 5.41) is 14.0. The maximum Gasteiger partial charge on any atom is 2.00 e. The van der Waals surface area contributed by atoms with Crippen LogP contribution < -0.4 is 21.3 Å². The van der Waals surface area contributed by atoms with Gasteiger partial charge in [0.25, 0.3) is 0 Å².